The Hall–Kier alpha value is -1.86. The summed E-state index contributed by atoms with van der Waals surface area (Å²) in [7, 11) is 0. The molecule has 23 heavy (non-hydrogen) atoms. The molecular weight excluding hydrogens is 328 g/mol. The number of amidine groups is 1. The Balaban J connectivity index is 1.51. The highest BCUT2D eigenvalue weighted by Gasteiger charge is 2.25. The van der Waals surface area contributed by atoms with E-state index in [4.69, 9.17) is 0 Å². The largest absolute Gasteiger partial charge is 0.305 e. The molecule has 0 atom stereocenters. The molecule has 3 heterocycles. The molecule has 0 radical (unpaired) electrons. The van der Waals surface area contributed by atoms with Crippen molar-refractivity contribution in [3.05, 3.63) is 39.9 Å². The quantitative estimate of drug-likeness (QED) is 0.868. The van der Waals surface area contributed by atoms with Crippen LogP contribution in [0.25, 0.3) is 11.8 Å². The third-order valence-electron chi connectivity index (χ3n) is 3.96. The van der Waals surface area contributed by atoms with Crippen LogP contribution in [0.1, 0.15) is 30.6 Å². The minimum atomic E-state index is -0.0515. The third-order valence-corrected chi connectivity index (χ3v) is 5.75. The van der Waals surface area contributed by atoms with Gasteiger partial charge in [-0.15, -0.1) is 11.3 Å². The van der Waals surface area contributed by atoms with Crippen molar-refractivity contribution in [2.24, 2.45) is 4.99 Å². The lowest BCUT2D eigenvalue weighted by Gasteiger charge is -2.02. The van der Waals surface area contributed by atoms with Crippen molar-refractivity contribution in [2.75, 3.05) is 0 Å². The van der Waals surface area contributed by atoms with Gasteiger partial charge >= 0.3 is 0 Å². The first-order valence-corrected chi connectivity index (χ1v) is 9.33. The fourth-order valence-corrected chi connectivity index (χ4v) is 4.56. The molecule has 4 rings (SSSR count). The standard InChI is InChI=1S/C16H16N4OS2/c21-15-14(23-16(19-15)18-11-3-1-2-4-11)8-13-7-12(9-22-13)20-6-5-17-10-20/h5-11H,1-4H2,(H,18,19,21)/b14-8+. The number of nitrogens with zero attached hydrogens (tertiary/aromatic N) is 3. The van der Waals surface area contributed by atoms with Gasteiger partial charge in [-0.25, -0.2) is 4.98 Å². The predicted molar refractivity (Wildman–Crippen MR) is 94.8 cm³/mol. The molecular formula is C16H16N4OS2. The number of carbonyl (C=O) groups is 1. The first kappa shape index (κ1) is 14.7. The zero-order valence-electron chi connectivity index (χ0n) is 12.4. The molecule has 0 unspecified atom stereocenters. The van der Waals surface area contributed by atoms with E-state index in [1.165, 1.54) is 24.6 Å². The lowest BCUT2D eigenvalue weighted by molar-refractivity contribution is -0.115. The molecule has 0 aromatic carbocycles. The summed E-state index contributed by atoms with van der Waals surface area (Å²) in [6, 6.07) is 2.44. The topological polar surface area (TPSA) is 59.3 Å². The fraction of sp³-hybridized carbons (Fsp3) is 0.312. The van der Waals surface area contributed by atoms with Crippen molar-refractivity contribution in [1.29, 1.82) is 0 Å². The molecule has 1 amide bonds. The molecule has 2 aliphatic rings. The van der Waals surface area contributed by atoms with Gasteiger partial charge in [0.15, 0.2) is 5.17 Å². The van der Waals surface area contributed by atoms with Gasteiger partial charge in [0.25, 0.3) is 5.91 Å². The summed E-state index contributed by atoms with van der Waals surface area (Å²) in [6.07, 6.45) is 12.1. The van der Waals surface area contributed by atoms with E-state index in [2.05, 4.69) is 26.7 Å². The number of rotatable bonds is 3. The van der Waals surface area contributed by atoms with Crippen LogP contribution in [0.2, 0.25) is 0 Å². The molecule has 0 spiro atoms. The predicted octanol–water partition coefficient (Wildman–Crippen LogP) is 3.44. The van der Waals surface area contributed by atoms with Gasteiger partial charge in [-0.05, 0) is 36.7 Å². The van der Waals surface area contributed by atoms with Gasteiger partial charge < -0.3 is 9.88 Å². The first-order valence-electron chi connectivity index (χ1n) is 7.63. The van der Waals surface area contributed by atoms with Crippen LogP contribution in [0.3, 0.4) is 0 Å². The molecule has 1 saturated carbocycles. The van der Waals surface area contributed by atoms with E-state index < -0.39 is 0 Å². The van der Waals surface area contributed by atoms with Gasteiger partial charge in [0.05, 0.1) is 23.0 Å². The van der Waals surface area contributed by atoms with E-state index in [0.29, 0.717) is 10.9 Å². The van der Waals surface area contributed by atoms with Crippen molar-refractivity contribution in [2.45, 2.75) is 31.7 Å². The number of imidazole rings is 1. The van der Waals surface area contributed by atoms with Crippen LogP contribution < -0.4 is 5.32 Å². The molecule has 2 aromatic heterocycles. The molecule has 5 nitrogen and oxygen atoms in total. The number of thioether (sulfide) groups is 1. The molecule has 1 aliphatic carbocycles. The maximum Gasteiger partial charge on any atom is 0.264 e. The number of aromatic nitrogens is 2. The average Bonchev–Trinajstić information content (AvgIpc) is 3.29. The summed E-state index contributed by atoms with van der Waals surface area (Å²) in [4.78, 5) is 22.6. The SMILES string of the molecule is O=C1NC(=NC2CCCC2)S/C1=C/c1cc(-n2ccnc2)cs1. The Kier molecular flexibility index (Phi) is 4.05. The molecule has 1 aliphatic heterocycles. The van der Waals surface area contributed by atoms with E-state index >= 15 is 0 Å². The van der Waals surface area contributed by atoms with Gasteiger partial charge in [0, 0.05) is 22.7 Å². The molecule has 1 saturated heterocycles. The molecule has 7 heteroatoms. The van der Waals surface area contributed by atoms with Crippen LogP contribution >= 0.6 is 23.1 Å². The van der Waals surface area contributed by atoms with E-state index in [0.717, 1.165) is 28.6 Å². The maximum absolute atomic E-state index is 12.1. The highest BCUT2D eigenvalue weighted by atomic mass is 32.2. The van der Waals surface area contributed by atoms with Crippen molar-refractivity contribution in [3.63, 3.8) is 0 Å². The van der Waals surface area contributed by atoms with Gasteiger partial charge in [-0.1, -0.05) is 12.8 Å². The normalized spacial score (nSPS) is 22.3. The van der Waals surface area contributed by atoms with Crippen molar-refractivity contribution < 1.29 is 4.79 Å². The van der Waals surface area contributed by atoms with Crippen molar-refractivity contribution in [1.82, 2.24) is 14.9 Å². The highest BCUT2D eigenvalue weighted by Crippen LogP contribution is 2.30. The van der Waals surface area contributed by atoms with Crippen LogP contribution in [0.4, 0.5) is 0 Å². The maximum atomic E-state index is 12.1. The van der Waals surface area contributed by atoms with Gasteiger partial charge in [-0.2, -0.15) is 0 Å². The van der Waals surface area contributed by atoms with E-state index in [1.807, 2.05) is 16.8 Å². The minimum absolute atomic E-state index is 0.0515. The lowest BCUT2D eigenvalue weighted by atomic mass is 10.3. The zero-order valence-corrected chi connectivity index (χ0v) is 14.1. The smallest absolute Gasteiger partial charge is 0.264 e. The Morgan fingerprint density at radius 1 is 1.39 bits per heavy atom. The number of aliphatic imine (C=N–C) groups is 1. The lowest BCUT2D eigenvalue weighted by Crippen LogP contribution is -2.21. The molecule has 118 valence electrons. The van der Waals surface area contributed by atoms with Gasteiger partial charge in [0.2, 0.25) is 0 Å². The first-order chi connectivity index (χ1) is 11.3. The van der Waals surface area contributed by atoms with Crippen LogP contribution in [-0.2, 0) is 4.79 Å². The number of carbonyl (C=O) groups excluding carboxylic acids is 1. The highest BCUT2D eigenvalue weighted by molar-refractivity contribution is 8.18. The molecule has 2 fully saturated rings. The van der Waals surface area contributed by atoms with Gasteiger partial charge in [-0.3, -0.25) is 9.79 Å². The molecule has 1 N–H and O–H groups in total. The second kappa shape index (κ2) is 6.33. The van der Waals surface area contributed by atoms with Crippen LogP contribution in [0.15, 0.2) is 40.1 Å². The minimum Gasteiger partial charge on any atom is -0.305 e. The third kappa shape index (κ3) is 3.25. The Labute approximate surface area is 142 Å². The van der Waals surface area contributed by atoms with Crippen LogP contribution in [0.5, 0.6) is 0 Å². The van der Waals surface area contributed by atoms with E-state index in [-0.39, 0.29) is 5.91 Å². The molecule has 0 bridgehead atoms. The summed E-state index contributed by atoms with van der Waals surface area (Å²) in [5.74, 6) is -0.0515. The summed E-state index contributed by atoms with van der Waals surface area (Å²) < 4.78 is 1.95. The number of nitrogens with one attached hydrogen (secondary N) is 1. The van der Waals surface area contributed by atoms with Crippen LogP contribution in [-0.4, -0.2) is 26.7 Å². The fourth-order valence-electron chi connectivity index (χ4n) is 2.78. The average molecular weight is 344 g/mol. The van der Waals surface area contributed by atoms with E-state index in [9.17, 15) is 4.79 Å². The molecule has 2 aromatic rings. The number of amides is 1. The van der Waals surface area contributed by atoms with E-state index in [1.54, 1.807) is 23.9 Å². The monoisotopic (exact) mass is 344 g/mol. The van der Waals surface area contributed by atoms with Crippen molar-refractivity contribution in [3.8, 4) is 5.69 Å². The summed E-state index contributed by atoms with van der Waals surface area (Å²) in [5.41, 5.74) is 1.06. The zero-order chi connectivity index (χ0) is 15.6. The van der Waals surface area contributed by atoms with Crippen molar-refractivity contribution >= 4 is 40.2 Å². The summed E-state index contributed by atoms with van der Waals surface area (Å²) >= 11 is 3.06. The Bertz CT molecular complexity index is 770. The Morgan fingerprint density at radius 2 is 2.26 bits per heavy atom. The number of hydrogen-bond acceptors (Lipinski definition) is 5. The summed E-state index contributed by atoms with van der Waals surface area (Å²) in [5, 5.41) is 5.68. The number of hydrogen-bond donors (Lipinski definition) is 1. The van der Waals surface area contributed by atoms with Gasteiger partial charge in [0.1, 0.15) is 0 Å². The number of thiophene rings is 1. The summed E-state index contributed by atoms with van der Waals surface area (Å²) in [6.45, 7) is 0. The second-order valence-electron chi connectivity index (χ2n) is 5.61. The Morgan fingerprint density at radius 3 is 3.04 bits per heavy atom. The van der Waals surface area contributed by atoms with Crippen LogP contribution in [0, 0.1) is 0 Å². The second-order valence-corrected chi connectivity index (χ2v) is 7.59.